The van der Waals surface area contributed by atoms with Crippen LogP contribution in [-0.2, 0) is 19.0 Å². The highest BCUT2D eigenvalue weighted by Crippen LogP contribution is 2.64. The number of ketones is 1. The second-order valence-electron chi connectivity index (χ2n) is 7.34. The summed E-state index contributed by atoms with van der Waals surface area (Å²) in [6.07, 6.45) is 2.28. The van der Waals surface area contributed by atoms with Gasteiger partial charge in [-0.25, -0.2) is 0 Å². The van der Waals surface area contributed by atoms with Crippen LogP contribution in [0.2, 0.25) is 0 Å². The maximum absolute atomic E-state index is 12.4. The van der Waals surface area contributed by atoms with Crippen LogP contribution >= 0.6 is 0 Å². The molecule has 22 heavy (non-hydrogen) atoms. The quantitative estimate of drug-likeness (QED) is 0.634. The van der Waals surface area contributed by atoms with Crippen molar-refractivity contribution in [3.05, 3.63) is 11.6 Å². The van der Waals surface area contributed by atoms with E-state index in [0.717, 1.165) is 12.0 Å². The lowest BCUT2D eigenvalue weighted by Gasteiger charge is -2.58. The fourth-order valence-electron chi connectivity index (χ4n) is 4.77. The zero-order valence-electron chi connectivity index (χ0n) is 13.8. The average molecular weight is 310 g/mol. The standard InChI is InChI=1S/C17H26O5/c1-10-12(18)5-14-16(3,8-21-9-20-4)11(2)13-6-17(10,14)7-15(19)22-13/h5,10-11,13,15,19H,6-9H2,1-4H3/t10-,11+,13+,15+,16+,17+/m1/s1. The Balaban J connectivity index is 2.01. The first-order valence-electron chi connectivity index (χ1n) is 8.02. The molecule has 5 nitrogen and oxygen atoms in total. The third-order valence-corrected chi connectivity index (χ3v) is 6.30. The molecule has 3 rings (SSSR count). The van der Waals surface area contributed by atoms with Gasteiger partial charge in [0, 0.05) is 30.3 Å². The van der Waals surface area contributed by atoms with E-state index in [1.165, 1.54) is 0 Å². The second kappa shape index (κ2) is 5.41. The molecule has 0 amide bonds. The van der Waals surface area contributed by atoms with Crippen LogP contribution < -0.4 is 0 Å². The van der Waals surface area contributed by atoms with Crippen molar-refractivity contribution in [3.63, 3.8) is 0 Å². The zero-order chi connectivity index (χ0) is 16.1. The van der Waals surface area contributed by atoms with E-state index in [0.29, 0.717) is 13.0 Å². The van der Waals surface area contributed by atoms with Crippen LogP contribution in [0.25, 0.3) is 0 Å². The molecule has 1 saturated carbocycles. The van der Waals surface area contributed by atoms with Gasteiger partial charge >= 0.3 is 0 Å². The Morgan fingerprint density at radius 2 is 2.14 bits per heavy atom. The predicted molar refractivity (Wildman–Crippen MR) is 79.9 cm³/mol. The van der Waals surface area contributed by atoms with Crippen molar-refractivity contribution in [2.24, 2.45) is 22.7 Å². The molecule has 1 N–H and O–H groups in total. The zero-order valence-corrected chi connectivity index (χ0v) is 13.8. The number of rotatable bonds is 4. The Kier molecular flexibility index (Phi) is 3.96. The number of methoxy groups -OCH3 is 1. The van der Waals surface area contributed by atoms with Crippen molar-refractivity contribution < 1.29 is 24.1 Å². The number of aliphatic hydroxyl groups excluding tert-OH is 1. The summed E-state index contributed by atoms with van der Waals surface area (Å²) in [5.41, 5.74) is 0.582. The van der Waals surface area contributed by atoms with Crippen molar-refractivity contribution in [3.8, 4) is 0 Å². The predicted octanol–water partition coefficient (Wildman–Crippen LogP) is 1.89. The van der Waals surface area contributed by atoms with Gasteiger partial charge in [-0.1, -0.05) is 26.3 Å². The van der Waals surface area contributed by atoms with E-state index in [9.17, 15) is 9.90 Å². The highest BCUT2D eigenvalue weighted by molar-refractivity contribution is 5.96. The minimum Gasteiger partial charge on any atom is -0.368 e. The van der Waals surface area contributed by atoms with Crippen molar-refractivity contribution in [1.29, 1.82) is 0 Å². The molecule has 3 aliphatic rings. The first kappa shape index (κ1) is 16.1. The first-order valence-corrected chi connectivity index (χ1v) is 8.02. The average Bonchev–Trinajstić information content (AvgIpc) is 2.71. The highest BCUT2D eigenvalue weighted by atomic mass is 16.7. The Labute approximate surface area is 131 Å². The number of ether oxygens (including phenoxy) is 3. The summed E-state index contributed by atoms with van der Waals surface area (Å²) >= 11 is 0. The van der Waals surface area contributed by atoms with E-state index < -0.39 is 6.29 Å². The van der Waals surface area contributed by atoms with Crippen molar-refractivity contribution in [1.82, 2.24) is 0 Å². The van der Waals surface area contributed by atoms with Crippen LogP contribution in [0.4, 0.5) is 0 Å². The minimum absolute atomic E-state index is 0.0506. The summed E-state index contributed by atoms with van der Waals surface area (Å²) in [6.45, 7) is 6.97. The van der Waals surface area contributed by atoms with Gasteiger partial charge in [0.25, 0.3) is 0 Å². The topological polar surface area (TPSA) is 65.0 Å². The first-order chi connectivity index (χ1) is 10.3. The summed E-state index contributed by atoms with van der Waals surface area (Å²) in [6, 6.07) is 0. The number of aliphatic hydroxyl groups is 1. The molecule has 0 aromatic heterocycles. The minimum atomic E-state index is -0.789. The van der Waals surface area contributed by atoms with Crippen LogP contribution in [0.3, 0.4) is 0 Å². The van der Waals surface area contributed by atoms with Crippen molar-refractivity contribution >= 4 is 5.78 Å². The SMILES string of the molecule is COCOC[C@]1(C)C2=CC(=O)[C@@H](C)[C@]23C[C@@H](O)O[C@@H](C3)[C@@H]1C. The molecule has 2 fully saturated rings. The number of hydrogen-bond acceptors (Lipinski definition) is 5. The molecular formula is C17H26O5. The molecule has 124 valence electrons. The van der Waals surface area contributed by atoms with E-state index in [-0.39, 0.29) is 41.3 Å². The summed E-state index contributed by atoms with van der Waals surface area (Å²) in [5, 5.41) is 10.2. The summed E-state index contributed by atoms with van der Waals surface area (Å²) in [4.78, 5) is 12.4. The Hall–Kier alpha value is -0.750. The van der Waals surface area contributed by atoms with Gasteiger partial charge in [0.2, 0.25) is 0 Å². The van der Waals surface area contributed by atoms with Crippen molar-refractivity contribution in [2.75, 3.05) is 20.5 Å². The number of carbonyl (C=O) groups is 1. The number of carbonyl (C=O) groups excluding carboxylic acids is 1. The van der Waals surface area contributed by atoms with Gasteiger partial charge < -0.3 is 19.3 Å². The third kappa shape index (κ3) is 2.10. The molecular weight excluding hydrogens is 284 g/mol. The lowest BCUT2D eigenvalue weighted by molar-refractivity contribution is -0.240. The Morgan fingerprint density at radius 3 is 2.82 bits per heavy atom. The van der Waals surface area contributed by atoms with E-state index in [4.69, 9.17) is 14.2 Å². The summed E-state index contributed by atoms with van der Waals surface area (Å²) in [5.74, 6) is 0.226. The normalized spacial score (nSPS) is 47.3. The molecule has 1 spiro atoms. The molecule has 0 radical (unpaired) electrons. The lowest BCUT2D eigenvalue weighted by Crippen LogP contribution is -2.58. The van der Waals surface area contributed by atoms with Crippen LogP contribution in [0.1, 0.15) is 33.6 Å². The van der Waals surface area contributed by atoms with Gasteiger partial charge in [0.1, 0.15) is 6.79 Å². The Morgan fingerprint density at radius 1 is 1.41 bits per heavy atom. The van der Waals surface area contributed by atoms with E-state index >= 15 is 0 Å². The van der Waals surface area contributed by atoms with Crippen LogP contribution in [0.15, 0.2) is 11.6 Å². The molecule has 1 aliphatic heterocycles. The summed E-state index contributed by atoms with van der Waals surface area (Å²) < 4.78 is 16.5. The third-order valence-electron chi connectivity index (χ3n) is 6.30. The summed E-state index contributed by atoms with van der Waals surface area (Å²) in [7, 11) is 1.60. The number of allylic oxidation sites excluding steroid dienone is 1. The Bertz CT molecular complexity index is 501. The van der Waals surface area contributed by atoms with Gasteiger partial charge in [0.15, 0.2) is 12.1 Å². The fourth-order valence-corrected chi connectivity index (χ4v) is 4.77. The molecule has 0 unspecified atom stereocenters. The van der Waals surface area contributed by atoms with Crippen LogP contribution in [-0.4, -0.2) is 43.8 Å². The van der Waals surface area contributed by atoms with E-state index in [1.807, 2.05) is 13.0 Å². The van der Waals surface area contributed by atoms with Crippen molar-refractivity contribution in [2.45, 2.75) is 46.0 Å². The second-order valence-corrected chi connectivity index (χ2v) is 7.34. The smallest absolute Gasteiger partial charge is 0.159 e. The molecule has 2 aliphatic carbocycles. The lowest BCUT2D eigenvalue weighted by atomic mass is 9.51. The molecule has 0 aromatic carbocycles. The largest absolute Gasteiger partial charge is 0.368 e. The molecule has 5 heteroatoms. The molecule has 2 bridgehead atoms. The van der Waals surface area contributed by atoms with Crippen LogP contribution in [0, 0.1) is 22.7 Å². The van der Waals surface area contributed by atoms with Gasteiger partial charge in [-0.15, -0.1) is 0 Å². The number of hydrogen-bond donors (Lipinski definition) is 1. The maximum atomic E-state index is 12.4. The monoisotopic (exact) mass is 310 g/mol. The molecule has 1 saturated heterocycles. The molecule has 1 heterocycles. The van der Waals surface area contributed by atoms with E-state index in [1.54, 1.807) is 7.11 Å². The molecule has 6 atom stereocenters. The van der Waals surface area contributed by atoms with Gasteiger partial charge in [-0.2, -0.15) is 0 Å². The van der Waals surface area contributed by atoms with Crippen LogP contribution in [0.5, 0.6) is 0 Å². The van der Waals surface area contributed by atoms with Gasteiger partial charge in [0.05, 0.1) is 12.7 Å². The van der Waals surface area contributed by atoms with Gasteiger partial charge in [-0.3, -0.25) is 4.79 Å². The fraction of sp³-hybridized carbons (Fsp3) is 0.824. The van der Waals surface area contributed by atoms with E-state index in [2.05, 4.69) is 13.8 Å². The number of fused-ring (bicyclic) bond motifs is 1. The van der Waals surface area contributed by atoms with Gasteiger partial charge in [-0.05, 0) is 18.4 Å². The molecule has 0 aromatic rings. The maximum Gasteiger partial charge on any atom is 0.159 e. The highest BCUT2D eigenvalue weighted by Gasteiger charge is 2.63.